The van der Waals surface area contributed by atoms with Gasteiger partial charge in [-0.05, 0) is 56.5 Å². The van der Waals surface area contributed by atoms with E-state index in [-0.39, 0.29) is 11.7 Å². The molecule has 0 aromatic carbocycles. The molecule has 2 unspecified atom stereocenters. The summed E-state index contributed by atoms with van der Waals surface area (Å²) < 4.78 is 5.69. The zero-order valence-electron chi connectivity index (χ0n) is 10.2. The van der Waals surface area contributed by atoms with Crippen molar-refractivity contribution in [3.63, 3.8) is 0 Å². The second-order valence-electron chi connectivity index (χ2n) is 5.27. The highest BCUT2D eigenvalue weighted by Gasteiger charge is 2.34. The summed E-state index contributed by atoms with van der Waals surface area (Å²) in [7, 11) is 0. The molecule has 0 amide bonds. The van der Waals surface area contributed by atoms with Crippen LogP contribution in [0.5, 0.6) is 0 Å². The molecular weight excluding hydrogens is 220 g/mol. The lowest BCUT2D eigenvalue weighted by Crippen LogP contribution is -2.36. The largest absolute Gasteiger partial charge is 0.387 e. The SMILES string of the molecule is Cc1ccsc1C(O)C1CCOC(C)(C)C1. The zero-order chi connectivity index (χ0) is 11.8. The maximum absolute atomic E-state index is 10.4. The first kappa shape index (κ1) is 12.1. The van der Waals surface area contributed by atoms with Crippen LogP contribution in [0.1, 0.15) is 43.2 Å². The summed E-state index contributed by atoms with van der Waals surface area (Å²) in [4.78, 5) is 1.13. The quantitative estimate of drug-likeness (QED) is 0.859. The normalized spacial score (nSPS) is 26.6. The van der Waals surface area contributed by atoms with Crippen LogP contribution in [0.15, 0.2) is 11.4 Å². The van der Waals surface area contributed by atoms with Crippen molar-refractivity contribution >= 4 is 11.3 Å². The Hall–Kier alpha value is -0.380. The molecule has 2 heterocycles. The highest BCUT2D eigenvalue weighted by molar-refractivity contribution is 7.10. The third-order valence-corrected chi connectivity index (χ3v) is 4.44. The predicted molar refractivity (Wildman–Crippen MR) is 66.8 cm³/mol. The van der Waals surface area contributed by atoms with Crippen LogP contribution in [0.25, 0.3) is 0 Å². The van der Waals surface area contributed by atoms with Gasteiger partial charge >= 0.3 is 0 Å². The maximum Gasteiger partial charge on any atom is 0.0914 e. The van der Waals surface area contributed by atoms with E-state index in [0.29, 0.717) is 5.92 Å². The molecule has 2 atom stereocenters. The molecule has 1 aliphatic rings. The van der Waals surface area contributed by atoms with Crippen LogP contribution in [0.2, 0.25) is 0 Å². The summed E-state index contributed by atoms with van der Waals surface area (Å²) in [5, 5.41) is 12.5. The van der Waals surface area contributed by atoms with Crippen LogP contribution in [0, 0.1) is 12.8 Å². The fourth-order valence-electron chi connectivity index (χ4n) is 2.45. The summed E-state index contributed by atoms with van der Waals surface area (Å²) >= 11 is 1.66. The third-order valence-electron chi connectivity index (χ3n) is 3.35. The van der Waals surface area contributed by atoms with Crippen LogP contribution in [-0.2, 0) is 4.74 Å². The van der Waals surface area contributed by atoms with Crippen molar-refractivity contribution in [3.05, 3.63) is 21.9 Å². The highest BCUT2D eigenvalue weighted by atomic mass is 32.1. The molecule has 1 aromatic heterocycles. The van der Waals surface area contributed by atoms with Crippen molar-refractivity contribution in [2.75, 3.05) is 6.61 Å². The minimum atomic E-state index is -0.317. The third kappa shape index (κ3) is 2.47. The first-order chi connectivity index (χ1) is 7.49. The van der Waals surface area contributed by atoms with E-state index in [1.54, 1.807) is 11.3 Å². The summed E-state index contributed by atoms with van der Waals surface area (Å²) in [5.74, 6) is 0.334. The van der Waals surface area contributed by atoms with Gasteiger partial charge in [0.1, 0.15) is 0 Å². The molecule has 0 radical (unpaired) electrons. The van der Waals surface area contributed by atoms with Gasteiger partial charge < -0.3 is 9.84 Å². The van der Waals surface area contributed by atoms with Crippen LogP contribution in [0.3, 0.4) is 0 Å². The van der Waals surface area contributed by atoms with Crippen LogP contribution < -0.4 is 0 Å². The van der Waals surface area contributed by atoms with E-state index in [9.17, 15) is 5.11 Å². The second kappa shape index (κ2) is 4.47. The molecule has 1 aromatic rings. The van der Waals surface area contributed by atoms with Crippen molar-refractivity contribution in [1.82, 2.24) is 0 Å². The first-order valence-corrected chi connectivity index (χ1v) is 6.73. The Kier molecular flexibility index (Phi) is 3.38. The zero-order valence-corrected chi connectivity index (χ0v) is 11.0. The van der Waals surface area contributed by atoms with Crippen LogP contribution >= 0.6 is 11.3 Å². The van der Waals surface area contributed by atoms with Crippen molar-refractivity contribution in [3.8, 4) is 0 Å². The average molecular weight is 240 g/mol. The number of thiophene rings is 1. The summed E-state index contributed by atoms with van der Waals surface area (Å²) in [5.41, 5.74) is 1.12. The Balaban J connectivity index is 2.10. The lowest BCUT2D eigenvalue weighted by Gasteiger charge is -2.37. The molecule has 3 heteroatoms. The standard InChI is InChI=1S/C13H20O2S/c1-9-5-7-16-12(9)11(14)10-4-6-15-13(2,3)8-10/h5,7,10-11,14H,4,6,8H2,1-3H3. The fourth-order valence-corrected chi connectivity index (χ4v) is 3.45. The molecule has 1 fully saturated rings. The number of hydrogen-bond donors (Lipinski definition) is 1. The molecule has 2 rings (SSSR count). The number of rotatable bonds is 2. The Bertz CT molecular complexity index is 357. The molecule has 1 saturated heterocycles. The van der Waals surface area contributed by atoms with E-state index >= 15 is 0 Å². The Labute approximate surface area is 101 Å². The topological polar surface area (TPSA) is 29.5 Å². The molecule has 0 aliphatic carbocycles. The van der Waals surface area contributed by atoms with Gasteiger partial charge in [-0.2, -0.15) is 0 Å². The molecule has 90 valence electrons. The van der Waals surface area contributed by atoms with E-state index in [0.717, 1.165) is 24.3 Å². The summed E-state index contributed by atoms with van der Waals surface area (Å²) in [6.45, 7) is 7.04. The molecule has 16 heavy (non-hydrogen) atoms. The van der Waals surface area contributed by atoms with Gasteiger partial charge in [0.25, 0.3) is 0 Å². The lowest BCUT2D eigenvalue weighted by atomic mass is 9.84. The highest BCUT2D eigenvalue weighted by Crippen LogP contribution is 2.39. The Morgan fingerprint density at radius 2 is 2.31 bits per heavy atom. The van der Waals surface area contributed by atoms with Crippen molar-refractivity contribution < 1.29 is 9.84 Å². The number of aryl methyl sites for hydroxylation is 1. The van der Waals surface area contributed by atoms with Crippen molar-refractivity contribution in [2.24, 2.45) is 5.92 Å². The van der Waals surface area contributed by atoms with Gasteiger partial charge in [-0.15, -0.1) is 11.3 Å². The summed E-state index contributed by atoms with van der Waals surface area (Å²) in [6.07, 6.45) is 1.58. The first-order valence-electron chi connectivity index (χ1n) is 5.85. The molecule has 0 saturated carbocycles. The molecule has 2 nitrogen and oxygen atoms in total. The average Bonchev–Trinajstić information content (AvgIpc) is 2.62. The van der Waals surface area contributed by atoms with Gasteiger partial charge in [-0.1, -0.05) is 0 Å². The molecular formula is C13H20O2S. The van der Waals surface area contributed by atoms with Gasteiger partial charge in [0.15, 0.2) is 0 Å². The number of hydrogen-bond acceptors (Lipinski definition) is 3. The molecule has 1 N–H and O–H groups in total. The van der Waals surface area contributed by atoms with E-state index in [2.05, 4.69) is 32.2 Å². The monoisotopic (exact) mass is 240 g/mol. The van der Waals surface area contributed by atoms with Crippen molar-refractivity contribution in [2.45, 2.75) is 45.3 Å². The van der Waals surface area contributed by atoms with Crippen LogP contribution in [-0.4, -0.2) is 17.3 Å². The molecule has 0 spiro atoms. The van der Waals surface area contributed by atoms with Gasteiger partial charge in [-0.3, -0.25) is 0 Å². The molecule has 0 bridgehead atoms. The fraction of sp³-hybridized carbons (Fsp3) is 0.692. The second-order valence-corrected chi connectivity index (χ2v) is 6.22. The maximum atomic E-state index is 10.4. The number of aliphatic hydroxyl groups excluding tert-OH is 1. The number of aliphatic hydroxyl groups is 1. The van der Waals surface area contributed by atoms with E-state index < -0.39 is 0 Å². The predicted octanol–water partition coefficient (Wildman–Crippen LogP) is 3.30. The van der Waals surface area contributed by atoms with E-state index in [1.807, 2.05) is 0 Å². The Morgan fingerprint density at radius 3 is 2.88 bits per heavy atom. The summed E-state index contributed by atoms with van der Waals surface area (Å²) in [6, 6.07) is 2.08. The van der Waals surface area contributed by atoms with Gasteiger partial charge in [0.05, 0.1) is 11.7 Å². The van der Waals surface area contributed by atoms with Gasteiger partial charge in [-0.25, -0.2) is 0 Å². The van der Waals surface area contributed by atoms with Crippen molar-refractivity contribution in [1.29, 1.82) is 0 Å². The molecule has 1 aliphatic heterocycles. The van der Waals surface area contributed by atoms with E-state index in [1.165, 1.54) is 5.56 Å². The van der Waals surface area contributed by atoms with Gasteiger partial charge in [0, 0.05) is 11.5 Å². The lowest BCUT2D eigenvalue weighted by molar-refractivity contribution is -0.0954. The van der Waals surface area contributed by atoms with E-state index in [4.69, 9.17) is 4.74 Å². The smallest absolute Gasteiger partial charge is 0.0914 e. The minimum Gasteiger partial charge on any atom is -0.387 e. The Morgan fingerprint density at radius 1 is 1.56 bits per heavy atom. The van der Waals surface area contributed by atoms with Crippen LogP contribution in [0.4, 0.5) is 0 Å². The minimum absolute atomic E-state index is 0.0882. The number of ether oxygens (including phenoxy) is 1. The van der Waals surface area contributed by atoms with Gasteiger partial charge in [0.2, 0.25) is 0 Å².